The Morgan fingerprint density at radius 3 is 2.12 bits per heavy atom. The van der Waals surface area contributed by atoms with Crippen LogP contribution in [0.1, 0.15) is 0 Å². The van der Waals surface area contributed by atoms with Gasteiger partial charge in [-0.1, -0.05) is 0 Å². The maximum Gasteiger partial charge on any atom is 0.337 e. The van der Waals surface area contributed by atoms with Crippen LogP contribution in [0, 0.1) is 4.91 Å². The Balaban J connectivity index is 0. The molecule has 0 atom stereocenters. The summed E-state index contributed by atoms with van der Waals surface area (Å²) in [6, 6.07) is -0.852. The first-order chi connectivity index (χ1) is 3.18. The van der Waals surface area contributed by atoms with Crippen molar-refractivity contribution in [3.05, 3.63) is 4.91 Å². The first-order valence-corrected chi connectivity index (χ1v) is 1.55. The van der Waals surface area contributed by atoms with Crippen molar-refractivity contribution < 1.29 is 4.79 Å². The van der Waals surface area contributed by atoms with Crippen molar-refractivity contribution in [3.63, 3.8) is 0 Å². The zero-order valence-electron chi connectivity index (χ0n) is 4.79. The molecular weight excluding hydrogens is 137 g/mol. The van der Waals surface area contributed by atoms with Crippen molar-refractivity contribution >= 4 is 57.4 Å². The Morgan fingerprint density at radius 2 is 2.12 bits per heavy atom. The van der Waals surface area contributed by atoms with Crippen molar-refractivity contribution in [2.24, 2.45) is 11.0 Å². The molecule has 0 aromatic rings. The summed E-state index contributed by atoms with van der Waals surface area (Å²) in [6.07, 6.45) is 0. The topological polar surface area (TPSA) is 75.8 Å². The summed E-state index contributed by atoms with van der Waals surface area (Å²) in [6.45, 7) is 0. The number of hydrogen-bond acceptors (Lipinski definition) is 3. The first-order valence-electron chi connectivity index (χ1n) is 1.55. The molecular formula is C2H5KN3O2. The van der Waals surface area contributed by atoms with E-state index in [2.05, 4.69) is 11.0 Å². The van der Waals surface area contributed by atoms with Crippen LogP contribution in [0.2, 0.25) is 0 Å². The molecule has 5 nitrogen and oxygen atoms in total. The Hall–Kier alpha value is 0.506. The van der Waals surface area contributed by atoms with Gasteiger partial charge < -0.3 is 5.73 Å². The van der Waals surface area contributed by atoms with Gasteiger partial charge in [-0.15, -0.1) is 4.91 Å². The fourth-order valence-corrected chi connectivity index (χ4v) is 0.0402. The molecule has 0 aromatic carbocycles. The van der Waals surface area contributed by atoms with Gasteiger partial charge in [-0.2, -0.15) is 5.01 Å². The van der Waals surface area contributed by atoms with Crippen LogP contribution in [0.15, 0.2) is 5.29 Å². The van der Waals surface area contributed by atoms with Gasteiger partial charge in [0.25, 0.3) is 0 Å². The average molecular weight is 142 g/mol. The molecule has 0 unspecified atom stereocenters. The molecule has 0 rings (SSSR count). The minimum Gasteiger partial charge on any atom is -0.350 e. The number of primary amides is 1. The predicted octanol–water partition coefficient (Wildman–Crippen LogP) is -0.702. The van der Waals surface area contributed by atoms with Crippen LogP contribution in [-0.2, 0) is 0 Å². The number of rotatable bonds is 1. The minimum absolute atomic E-state index is 0. The summed E-state index contributed by atoms with van der Waals surface area (Å²) in [4.78, 5) is 19.1. The number of nitrogens with two attached hydrogens (primary N) is 1. The Kier molecular flexibility index (Phi) is 7.98. The van der Waals surface area contributed by atoms with E-state index in [1.165, 1.54) is 7.05 Å². The largest absolute Gasteiger partial charge is 0.350 e. The van der Waals surface area contributed by atoms with Crippen molar-refractivity contribution in [3.8, 4) is 0 Å². The van der Waals surface area contributed by atoms with Crippen molar-refractivity contribution in [2.45, 2.75) is 0 Å². The third-order valence-corrected chi connectivity index (χ3v) is 0.441. The monoisotopic (exact) mass is 142 g/mol. The smallest absolute Gasteiger partial charge is 0.337 e. The molecule has 0 saturated carbocycles. The quantitative estimate of drug-likeness (QED) is 0.298. The molecule has 6 heteroatoms. The zero-order chi connectivity index (χ0) is 5.86. The Labute approximate surface area is 89.0 Å². The van der Waals surface area contributed by atoms with Crippen LogP contribution in [-0.4, -0.2) is 69.5 Å². The molecule has 2 N–H and O–H groups in total. The molecule has 0 aliphatic heterocycles. The van der Waals surface area contributed by atoms with Crippen molar-refractivity contribution in [1.82, 2.24) is 5.01 Å². The third-order valence-electron chi connectivity index (χ3n) is 0.441. The maximum absolute atomic E-state index is 9.78. The Bertz CT molecular complexity index is 95.3. The van der Waals surface area contributed by atoms with Crippen LogP contribution in [0.3, 0.4) is 0 Å². The number of nitroso groups, excluding NO2 is 1. The molecule has 41 valence electrons. The van der Waals surface area contributed by atoms with Gasteiger partial charge in [0, 0.05) is 58.4 Å². The second-order valence-electron chi connectivity index (χ2n) is 0.943. The molecule has 0 aliphatic carbocycles. The van der Waals surface area contributed by atoms with E-state index in [0.717, 1.165) is 0 Å². The number of carbonyl (C=O) groups excluding carboxylic acids is 1. The normalized spacial score (nSPS) is 6.62. The molecule has 0 heterocycles. The van der Waals surface area contributed by atoms with E-state index >= 15 is 0 Å². The molecule has 0 bridgehead atoms. The number of urea groups is 1. The standard InChI is InChI=1S/C2H5N3O2.K/c1-5(4-7)2(3)6;/h1H3,(H2,3,6);. The molecule has 0 spiro atoms. The molecule has 0 aromatic heterocycles. The van der Waals surface area contributed by atoms with Gasteiger partial charge in [-0.05, 0) is 0 Å². The SMILES string of the molecule is CN(N=O)C(N)=O.[K]. The fraction of sp³-hybridized carbons (Fsp3) is 0.500. The molecule has 1 radical (unpaired) electrons. The minimum atomic E-state index is -0.852. The second kappa shape index (κ2) is 5.64. The summed E-state index contributed by atoms with van der Waals surface area (Å²) in [5.74, 6) is 0. The van der Waals surface area contributed by atoms with Gasteiger partial charge in [0.1, 0.15) is 0 Å². The van der Waals surface area contributed by atoms with Crippen LogP contribution in [0.4, 0.5) is 4.79 Å². The molecule has 8 heavy (non-hydrogen) atoms. The summed E-state index contributed by atoms with van der Waals surface area (Å²) in [5.41, 5.74) is 4.54. The van der Waals surface area contributed by atoms with Gasteiger partial charge in [-0.3, -0.25) is 0 Å². The van der Waals surface area contributed by atoms with Gasteiger partial charge >= 0.3 is 6.03 Å². The maximum atomic E-state index is 9.78. The van der Waals surface area contributed by atoms with Crippen LogP contribution in [0.25, 0.3) is 0 Å². The number of amides is 2. The van der Waals surface area contributed by atoms with E-state index in [1.807, 2.05) is 0 Å². The molecule has 0 saturated heterocycles. The van der Waals surface area contributed by atoms with E-state index in [1.54, 1.807) is 0 Å². The van der Waals surface area contributed by atoms with E-state index in [-0.39, 0.29) is 51.4 Å². The van der Waals surface area contributed by atoms with E-state index < -0.39 is 6.03 Å². The average Bonchev–Trinajstić information content (AvgIpc) is 1.65. The van der Waals surface area contributed by atoms with Crippen LogP contribution in [0.5, 0.6) is 0 Å². The summed E-state index contributed by atoms with van der Waals surface area (Å²) >= 11 is 0. The number of nitrogens with zero attached hydrogens (tertiary/aromatic N) is 2. The van der Waals surface area contributed by atoms with Crippen LogP contribution < -0.4 is 5.73 Å². The zero-order valence-corrected chi connectivity index (χ0v) is 7.91. The Morgan fingerprint density at radius 1 is 1.75 bits per heavy atom. The van der Waals surface area contributed by atoms with Crippen molar-refractivity contribution in [1.29, 1.82) is 0 Å². The van der Waals surface area contributed by atoms with Crippen molar-refractivity contribution in [2.75, 3.05) is 7.05 Å². The summed E-state index contributed by atoms with van der Waals surface area (Å²) in [5, 5.41) is 2.70. The van der Waals surface area contributed by atoms with Gasteiger partial charge in [0.2, 0.25) is 0 Å². The van der Waals surface area contributed by atoms with E-state index in [4.69, 9.17) is 0 Å². The van der Waals surface area contributed by atoms with E-state index in [0.29, 0.717) is 5.01 Å². The van der Waals surface area contributed by atoms with Crippen LogP contribution >= 0.6 is 0 Å². The molecule has 0 fully saturated rings. The van der Waals surface area contributed by atoms with Gasteiger partial charge in [0.15, 0.2) is 0 Å². The second-order valence-corrected chi connectivity index (χ2v) is 0.943. The fourth-order valence-electron chi connectivity index (χ4n) is 0.0402. The number of hydrogen-bond donors (Lipinski definition) is 1. The third kappa shape index (κ3) is 4.66. The predicted molar refractivity (Wildman–Crippen MR) is 28.9 cm³/mol. The summed E-state index contributed by atoms with van der Waals surface area (Å²) in [7, 11) is 1.18. The van der Waals surface area contributed by atoms with E-state index in [9.17, 15) is 9.70 Å². The number of carbonyl (C=O) groups is 1. The molecule has 0 aliphatic rings. The molecule has 2 amide bonds. The first kappa shape index (κ1) is 11.3. The van der Waals surface area contributed by atoms with Gasteiger partial charge in [0.05, 0.1) is 5.29 Å². The summed E-state index contributed by atoms with van der Waals surface area (Å²) < 4.78 is 0. The van der Waals surface area contributed by atoms with Gasteiger partial charge in [-0.25, -0.2) is 4.79 Å².